The molecule has 1 aromatic rings. The summed E-state index contributed by atoms with van der Waals surface area (Å²) in [6, 6.07) is 5.76. The topological polar surface area (TPSA) is 89.3 Å². The fourth-order valence-electron chi connectivity index (χ4n) is 1.98. The van der Waals surface area contributed by atoms with Gasteiger partial charge < -0.3 is 11.1 Å². The maximum atomic E-state index is 12.3. The van der Waals surface area contributed by atoms with Gasteiger partial charge >= 0.3 is 0 Å². The summed E-state index contributed by atoms with van der Waals surface area (Å²) in [7, 11) is -3.28. The summed E-state index contributed by atoms with van der Waals surface area (Å²) in [5, 5.41) is 2.85. The molecule has 7 heteroatoms. The molecule has 0 aliphatic heterocycles. The van der Waals surface area contributed by atoms with E-state index in [0.717, 1.165) is 6.26 Å². The molecule has 0 heterocycles. The molecule has 0 aliphatic rings. The fraction of sp³-hybridized carbons (Fsp3) is 0.429. The molecule has 1 rings (SSSR count). The molecule has 1 amide bonds. The molecule has 21 heavy (non-hydrogen) atoms. The van der Waals surface area contributed by atoms with Crippen LogP contribution in [0.1, 0.15) is 37.0 Å². The van der Waals surface area contributed by atoms with E-state index < -0.39 is 15.4 Å². The van der Waals surface area contributed by atoms with Gasteiger partial charge in [-0.3, -0.25) is 4.79 Å². The molecule has 5 nitrogen and oxygen atoms in total. The molecule has 1 aromatic carbocycles. The van der Waals surface area contributed by atoms with Gasteiger partial charge in [-0.05, 0) is 37.1 Å². The number of hydrogen-bond donors (Lipinski definition) is 2. The highest BCUT2D eigenvalue weighted by molar-refractivity contribution is 7.90. The van der Waals surface area contributed by atoms with Gasteiger partial charge in [0.15, 0.2) is 9.84 Å². The Kier molecular flexibility index (Phi) is 5.47. The second-order valence-corrected chi connectivity index (χ2v) is 7.36. The predicted molar refractivity (Wildman–Crippen MR) is 87.1 cm³/mol. The van der Waals surface area contributed by atoms with Crippen molar-refractivity contribution in [1.29, 1.82) is 0 Å². The lowest BCUT2D eigenvalue weighted by Gasteiger charge is -2.31. The summed E-state index contributed by atoms with van der Waals surface area (Å²) < 4.78 is 22.8. The number of thiocarbonyl (C=S) groups is 1. The first-order valence-electron chi connectivity index (χ1n) is 6.59. The number of benzene rings is 1. The van der Waals surface area contributed by atoms with Gasteiger partial charge in [0.2, 0.25) is 0 Å². The van der Waals surface area contributed by atoms with Crippen molar-refractivity contribution in [2.24, 2.45) is 5.73 Å². The second-order valence-electron chi connectivity index (χ2n) is 4.90. The number of nitrogens with two attached hydrogens (primary N) is 1. The molecule has 3 N–H and O–H groups in total. The van der Waals surface area contributed by atoms with Crippen LogP contribution >= 0.6 is 12.2 Å². The van der Waals surface area contributed by atoms with E-state index in [1.165, 1.54) is 24.3 Å². The largest absolute Gasteiger partial charge is 0.391 e. The zero-order chi connectivity index (χ0) is 16.3. The van der Waals surface area contributed by atoms with E-state index in [9.17, 15) is 13.2 Å². The van der Waals surface area contributed by atoms with Crippen molar-refractivity contribution >= 4 is 33.0 Å². The summed E-state index contributed by atoms with van der Waals surface area (Å²) >= 11 is 5.05. The van der Waals surface area contributed by atoms with Crippen LogP contribution in [0.15, 0.2) is 29.2 Å². The Hall–Kier alpha value is -1.47. The Morgan fingerprint density at radius 3 is 2.05 bits per heavy atom. The molecule has 0 fully saturated rings. The monoisotopic (exact) mass is 328 g/mol. The molecule has 0 radical (unpaired) electrons. The van der Waals surface area contributed by atoms with Crippen LogP contribution in [0, 0.1) is 0 Å². The summed E-state index contributed by atoms with van der Waals surface area (Å²) in [6.45, 7) is 3.80. The SMILES string of the molecule is CCC(CC)(NC(=O)c1ccc(S(C)(=O)=O)cc1)C(N)=S. The average Bonchev–Trinajstić information content (AvgIpc) is 2.43. The molecule has 0 saturated heterocycles. The number of hydrogen-bond acceptors (Lipinski definition) is 4. The molecular weight excluding hydrogens is 308 g/mol. The standard InChI is InChI=1S/C14H20N2O3S2/c1-4-14(5-2,13(15)20)16-12(17)10-6-8-11(9-7-10)21(3,18)19/h6-9H,4-5H2,1-3H3,(H2,15,20)(H,16,17). The first-order valence-corrected chi connectivity index (χ1v) is 8.88. The third-order valence-electron chi connectivity index (χ3n) is 3.58. The number of carbonyl (C=O) groups excluding carboxylic acids is 1. The van der Waals surface area contributed by atoms with Gasteiger partial charge in [-0.2, -0.15) is 0 Å². The Labute approximate surface area is 130 Å². The summed E-state index contributed by atoms with van der Waals surface area (Å²) in [4.78, 5) is 12.7. The lowest BCUT2D eigenvalue weighted by Crippen LogP contribution is -2.55. The van der Waals surface area contributed by atoms with E-state index in [0.29, 0.717) is 18.4 Å². The maximum absolute atomic E-state index is 12.3. The average molecular weight is 328 g/mol. The van der Waals surface area contributed by atoms with Crippen LogP contribution in [0.2, 0.25) is 0 Å². The number of rotatable bonds is 6. The van der Waals surface area contributed by atoms with E-state index >= 15 is 0 Å². The van der Waals surface area contributed by atoms with Gasteiger partial charge in [0.05, 0.1) is 15.4 Å². The van der Waals surface area contributed by atoms with E-state index in [1.54, 1.807) is 0 Å². The number of carbonyl (C=O) groups is 1. The van der Waals surface area contributed by atoms with Crippen LogP contribution in [-0.4, -0.2) is 31.1 Å². The minimum absolute atomic E-state index is 0.172. The van der Waals surface area contributed by atoms with Crippen LogP contribution < -0.4 is 11.1 Å². The summed E-state index contributed by atoms with van der Waals surface area (Å²) in [5.74, 6) is -0.327. The molecule has 116 valence electrons. The summed E-state index contributed by atoms with van der Waals surface area (Å²) in [6.07, 6.45) is 2.30. The second kappa shape index (κ2) is 6.53. The Bertz CT molecular complexity index is 633. The van der Waals surface area contributed by atoms with Gasteiger partial charge in [-0.25, -0.2) is 8.42 Å². The quantitative estimate of drug-likeness (QED) is 0.775. The normalized spacial score (nSPS) is 12.0. The fourth-order valence-corrected chi connectivity index (χ4v) is 2.95. The summed E-state index contributed by atoms with van der Waals surface area (Å²) in [5.41, 5.74) is 5.38. The van der Waals surface area contributed by atoms with E-state index in [1.807, 2.05) is 13.8 Å². The minimum atomic E-state index is -3.28. The maximum Gasteiger partial charge on any atom is 0.252 e. The third kappa shape index (κ3) is 4.01. The van der Waals surface area contributed by atoms with Crippen molar-refractivity contribution in [3.05, 3.63) is 29.8 Å². The third-order valence-corrected chi connectivity index (χ3v) is 5.10. The van der Waals surface area contributed by atoms with Crippen molar-refractivity contribution in [2.45, 2.75) is 37.1 Å². The number of sulfone groups is 1. The molecule has 0 unspecified atom stereocenters. The van der Waals surface area contributed by atoms with Gasteiger partial charge in [0.1, 0.15) is 0 Å². The van der Waals surface area contributed by atoms with Crippen LogP contribution in [0.4, 0.5) is 0 Å². The molecule has 0 bridgehead atoms. The van der Waals surface area contributed by atoms with Gasteiger partial charge in [0, 0.05) is 11.8 Å². The lowest BCUT2D eigenvalue weighted by atomic mass is 9.92. The lowest BCUT2D eigenvalue weighted by molar-refractivity contribution is 0.0919. The van der Waals surface area contributed by atoms with Crippen molar-refractivity contribution in [2.75, 3.05) is 6.26 Å². The van der Waals surface area contributed by atoms with Gasteiger partial charge in [-0.15, -0.1) is 0 Å². The number of nitrogens with one attached hydrogen (secondary N) is 1. The minimum Gasteiger partial charge on any atom is -0.391 e. The van der Waals surface area contributed by atoms with Crippen molar-refractivity contribution in [1.82, 2.24) is 5.32 Å². The van der Waals surface area contributed by atoms with Crippen LogP contribution in [-0.2, 0) is 9.84 Å². The van der Waals surface area contributed by atoms with Gasteiger partial charge in [-0.1, -0.05) is 26.1 Å². The van der Waals surface area contributed by atoms with Crippen LogP contribution in [0.3, 0.4) is 0 Å². The van der Waals surface area contributed by atoms with E-state index in [4.69, 9.17) is 18.0 Å². The smallest absolute Gasteiger partial charge is 0.252 e. The van der Waals surface area contributed by atoms with E-state index in [-0.39, 0.29) is 15.8 Å². The Morgan fingerprint density at radius 2 is 1.71 bits per heavy atom. The molecule has 0 aromatic heterocycles. The van der Waals surface area contributed by atoms with Crippen molar-refractivity contribution < 1.29 is 13.2 Å². The Morgan fingerprint density at radius 1 is 1.24 bits per heavy atom. The first-order chi connectivity index (χ1) is 9.66. The molecule has 0 atom stereocenters. The number of amides is 1. The molecule has 0 saturated carbocycles. The van der Waals surface area contributed by atoms with Crippen LogP contribution in [0.5, 0.6) is 0 Å². The van der Waals surface area contributed by atoms with Crippen molar-refractivity contribution in [3.63, 3.8) is 0 Å². The van der Waals surface area contributed by atoms with E-state index in [2.05, 4.69) is 5.32 Å². The highest BCUT2D eigenvalue weighted by atomic mass is 32.2. The Balaban J connectivity index is 3.02. The molecule has 0 spiro atoms. The highest BCUT2D eigenvalue weighted by Crippen LogP contribution is 2.17. The first kappa shape index (κ1) is 17.6. The van der Waals surface area contributed by atoms with Crippen molar-refractivity contribution in [3.8, 4) is 0 Å². The highest BCUT2D eigenvalue weighted by Gasteiger charge is 2.31. The molecule has 0 aliphatic carbocycles. The molecular formula is C14H20N2O3S2. The predicted octanol–water partition coefficient (Wildman–Crippen LogP) is 1.66. The van der Waals surface area contributed by atoms with Crippen LogP contribution in [0.25, 0.3) is 0 Å². The van der Waals surface area contributed by atoms with Gasteiger partial charge in [0.25, 0.3) is 5.91 Å². The zero-order valence-electron chi connectivity index (χ0n) is 12.3. The zero-order valence-corrected chi connectivity index (χ0v) is 14.0.